The van der Waals surface area contributed by atoms with Gasteiger partial charge in [0, 0.05) is 19.1 Å². The number of rotatable bonds is 3. The van der Waals surface area contributed by atoms with Crippen LogP contribution in [-0.2, 0) is 9.59 Å². The molecule has 2 rings (SSSR count). The molecule has 7 nitrogen and oxygen atoms in total. The molecule has 0 bridgehead atoms. The predicted octanol–water partition coefficient (Wildman–Crippen LogP) is -0.476. The monoisotopic (exact) mass is 255 g/mol. The molecule has 0 radical (unpaired) electrons. The zero-order chi connectivity index (χ0) is 13.1. The molecule has 1 saturated carbocycles. The molecule has 1 heterocycles. The van der Waals surface area contributed by atoms with Crippen LogP contribution < -0.4 is 10.6 Å². The van der Waals surface area contributed by atoms with Crippen LogP contribution in [-0.4, -0.2) is 53.1 Å². The van der Waals surface area contributed by atoms with E-state index in [1.807, 2.05) is 0 Å². The van der Waals surface area contributed by atoms with Crippen molar-refractivity contribution in [1.82, 2.24) is 15.5 Å². The maximum Gasteiger partial charge on any atom is 0.318 e. The van der Waals surface area contributed by atoms with Gasteiger partial charge in [-0.15, -0.1) is 0 Å². The number of urea groups is 1. The van der Waals surface area contributed by atoms with Gasteiger partial charge in [0.2, 0.25) is 5.91 Å². The standard InChI is InChI=1S/C11H17N3O4/c15-9(16)6-8-10(17)12-4-5-14(8)11(18)13-7-2-1-3-7/h7-8H,1-6H2,(H,12,17)(H,13,18)(H,15,16). The first-order valence-electron chi connectivity index (χ1n) is 6.14. The number of carbonyl (C=O) groups excluding carboxylic acids is 2. The van der Waals surface area contributed by atoms with Gasteiger partial charge >= 0.3 is 12.0 Å². The fraction of sp³-hybridized carbons (Fsp3) is 0.727. The van der Waals surface area contributed by atoms with Crippen LogP contribution in [0.5, 0.6) is 0 Å². The summed E-state index contributed by atoms with van der Waals surface area (Å²) < 4.78 is 0. The van der Waals surface area contributed by atoms with Crippen LogP contribution >= 0.6 is 0 Å². The third-order valence-electron chi connectivity index (χ3n) is 3.39. The minimum absolute atomic E-state index is 0.174. The zero-order valence-corrected chi connectivity index (χ0v) is 10.0. The smallest absolute Gasteiger partial charge is 0.318 e. The minimum Gasteiger partial charge on any atom is -0.481 e. The van der Waals surface area contributed by atoms with Gasteiger partial charge in [-0.3, -0.25) is 9.59 Å². The molecule has 1 saturated heterocycles. The van der Waals surface area contributed by atoms with Crippen LogP contribution in [0.1, 0.15) is 25.7 Å². The summed E-state index contributed by atoms with van der Waals surface area (Å²) in [5.74, 6) is -1.48. The number of hydrogen-bond donors (Lipinski definition) is 3. The lowest BCUT2D eigenvalue weighted by Gasteiger charge is -2.36. The van der Waals surface area contributed by atoms with Gasteiger partial charge in [-0.1, -0.05) is 0 Å². The number of hydrogen-bond acceptors (Lipinski definition) is 3. The van der Waals surface area contributed by atoms with Crippen molar-refractivity contribution < 1.29 is 19.5 Å². The Kier molecular flexibility index (Phi) is 3.69. The Morgan fingerprint density at radius 3 is 2.72 bits per heavy atom. The quantitative estimate of drug-likeness (QED) is 0.634. The topological polar surface area (TPSA) is 98.7 Å². The van der Waals surface area contributed by atoms with Gasteiger partial charge in [-0.2, -0.15) is 0 Å². The summed E-state index contributed by atoms with van der Waals surface area (Å²) in [6.07, 6.45) is 2.65. The lowest BCUT2D eigenvalue weighted by atomic mass is 9.93. The Balaban J connectivity index is 1.99. The summed E-state index contributed by atoms with van der Waals surface area (Å²) in [5.41, 5.74) is 0. The van der Waals surface area contributed by atoms with Crippen molar-refractivity contribution in [2.45, 2.75) is 37.8 Å². The van der Waals surface area contributed by atoms with Crippen molar-refractivity contribution in [3.8, 4) is 0 Å². The van der Waals surface area contributed by atoms with Gasteiger partial charge in [0.1, 0.15) is 6.04 Å². The molecule has 0 aromatic rings. The maximum atomic E-state index is 12.0. The average Bonchev–Trinajstić information content (AvgIpc) is 2.25. The molecule has 1 unspecified atom stereocenters. The summed E-state index contributed by atoms with van der Waals surface area (Å²) in [6.45, 7) is 0.718. The highest BCUT2D eigenvalue weighted by Crippen LogP contribution is 2.19. The lowest BCUT2D eigenvalue weighted by Crippen LogP contribution is -2.61. The number of carbonyl (C=O) groups is 3. The number of amides is 3. The van der Waals surface area contributed by atoms with Crippen LogP contribution in [0.25, 0.3) is 0 Å². The number of carboxylic acid groups (broad SMARTS) is 1. The van der Waals surface area contributed by atoms with E-state index in [0.29, 0.717) is 13.1 Å². The number of nitrogens with zero attached hydrogens (tertiary/aromatic N) is 1. The Bertz CT molecular complexity index is 367. The van der Waals surface area contributed by atoms with E-state index in [1.54, 1.807) is 0 Å². The number of aliphatic carboxylic acids is 1. The largest absolute Gasteiger partial charge is 0.481 e. The molecule has 2 aliphatic rings. The fourth-order valence-corrected chi connectivity index (χ4v) is 2.14. The average molecular weight is 255 g/mol. The second-order valence-corrected chi connectivity index (χ2v) is 4.68. The Labute approximate surface area is 105 Å². The van der Waals surface area contributed by atoms with Crippen molar-refractivity contribution in [1.29, 1.82) is 0 Å². The highest BCUT2D eigenvalue weighted by molar-refractivity contribution is 5.91. The zero-order valence-electron chi connectivity index (χ0n) is 10.0. The van der Waals surface area contributed by atoms with E-state index < -0.39 is 17.9 Å². The van der Waals surface area contributed by atoms with Gasteiger partial charge < -0.3 is 20.6 Å². The highest BCUT2D eigenvalue weighted by atomic mass is 16.4. The van der Waals surface area contributed by atoms with Gasteiger partial charge in [0.25, 0.3) is 0 Å². The van der Waals surface area contributed by atoms with Crippen LogP contribution in [0.15, 0.2) is 0 Å². The molecule has 1 aliphatic heterocycles. The van der Waals surface area contributed by atoms with Gasteiger partial charge in [-0.05, 0) is 19.3 Å². The molecule has 1 aliphatic carbocycles. The first-order chi connectivity index (χ1) is 8.58. The third-order valence-corrected chi connectivity index (χ3v) is 3.39. The number of carboxylic acids is 1. The fourth-order valence-electron chi connectivity index (χ4n) is 2.14. The molecule has 3 N–H and O–H groups in total. The summed E-state index contributed by atoms with van der Waals surface area (Å²) in [4.78, 5) is 35.7. The normalized spacial score (nSPS) is 24.1. The predicted molar refractivity (Wildman–Crippen MR) is 61.9 cm³/mol. The van der Waals surface area contributed by atoms with Crippen molar-refractivity contribution in [3.63, 3.8) is 0 Å². The van der Waals surface area contributed by atoms with E-state index >= 15 is 0 Å². The van der Waals surface area contributed by atoms with Crippen molar-refractivity contribution in [2.24, 2.45) is 0 Å². The summed E-state index contributed by atoms with van der Waals surface area (Å²) >= 11 is 0. The first-order valence-corrected chi connectivity index (χ1v) is 6.14. The van der Waals surface area contributed by atoms with E-state index in [9.17, 15) is 14.4 Å². The molecule has 18 heavy (non-hydrogen) atoms. The summed E-state index contributed by atoms with van der Waals surface area (Å²) in [6, 6.07) is -1.06. The third kappa shape index (κ3) is 2.72. The number of piperazine rings is 1. The molecule has 0 spiro atoms. The van der Waals surface area contributed by atoms with Crippen LogP contribution in [0.4, 0.5) is 4.79 Å². The van der Waals surface area contributed by atoms with Crippen LogP contribution in [0.2, 0.25) is 0 Å². The lowest BCUT2D eigenvalue weighted by molar-refractivity contribution is -0.142. The molecule has 3 amide bonds. The molecule has 2 fully saturated rings. The van der Waals surface area contributed by atoms with Crippen LogP contribution in [0, 0.1) is 0 Å². The molecule has 0 aromatic carbocycles. The van der Waals surface area contributed by atoms with Gasteiger partial charge in [0.15, 0.2) is 0 Å². The number of nitrogens with one attached hydrogen (secondary N) is 2. The molecule has 100 valence electrons. The molecular formula is C11H17N3O4. The molecule has 1 atom stereocenters. The highest BCUT2D eigenvalue weighted by Gasteiger charge is 2.35. The second kappa shape index (κ2) is 5.24. The van der Waals surface area contributed by atoms with E-state index in [-0.39, 0.29) is 18.5 Å². The Morgan fingerprint density at radius 2 is 2.17 bits per heavy atom. The van der Waals surface area contributed by atoms with Crippen molar-refractivity contribution >= 4 is 17.9 Å². The van der Waals surface area contributed by atoms with Crippen molar-refractivity contribution in [2.75, 3.05) is 13.1 Å². The maximum absolute atomic E-state index is 12.0. The summed E-state index contributed by atoms with van der Waals surface area (Å²) in [5, 5.41) is 14.2. The van der Waals surface area contributed by atoms with Crippen LogP contribution in [0.3, 0.4) is 0 Å². The van der Waals surface area contributed by atoms with E-state index in [1.165, 1.54) is 4.90 Å². The molecular weight excluding hydrogens is 238 g/mol. The van der Waals surface area contributed by atoms with E-state index in [2.05, 4.69) is 10.6 Å². The molecule has 0 aromatic heterocycles. The van der Waals surface area contributed by atoms with E-state index in [4.69, 9.17) is 5.11 Å². The Hall–Kier alpha value is -1.79. The van der Waals surface area contributed by atoms with Gasteiger partial charge in [-0.25, -0.2) is 4.79 Å². The Morgan fingerprint density at radius 1 is 1.44 bits per heavy atom. The second-order valence-electron chi connectivity index (χ2n) is 4.68. The van der Waals surface area contributed by atoms with Crippen molar-refractivity contribution in [3.05, 3.63) is 0 Å². The SMILES string of the molecule is O=C(O)CC1C(=O)NCCN1C(=O)NC1CCC1. The minimum atomic E-state index is -1.08. The first kappa shape index (κ1) is 12.7. The van der Waals surface area contributed by atoms with E-state index in [0.717, 1.165) is 19.3 Å². The summed E-state index contributed by atoms with van der Waals surface area (Å²) in [7, 11) is 0. The molecule has 7 heteroatoms. The van der Waals surface area contributed by atoms with Gasteiger partial charge in [0.05, 0.1) is 6.42 Å².